The third-order valence-electron chi connectivity index (χ3n) is 11.3. The van der Waals surface area contributed by atoms with Gasteiger partial charge >= 0.3 is 0 Å². The predicted octanol–water partition coefficient (Wildman–Crippen LogP) is 5.16. The predicted molar refractivity (Wildman–Crippen MR) is 164 cm³/mol. The molecule has 0 aromatic heterocycles. The van der Waals surface area contributed by atoms with Crippen molar-refractivity contribution >= 4 is 29.0 Å². The number of hydrogen-bond donors (Lipinski definition) is 3. The van der Waals surface area contributed by atoms with Gasteiger partial charge in [0, 0.05) is 38.6 Å². The zero-order valence-corrected chi connectivity index (χ0v) is 25.4. The quantitative estimate of drug-likeness (QED) is 0.307. The van der Waals surface area contributed by atoms with Gasteiger partial charge in [-0.15, -0.1) is 11.8 Å². The summed E-state index contributed by atoms with van der Waals surface area (Å²) in [6.07, 6.45) is 5.98. The van der Waals surface area contributed by atoms with Crippen molar-refractivity contribution in [2.75, 3.05) is 12.3 Å². The maximum Gasteiger partial charge on any atom is 0.193 e. The van der Waals surface area contributed by atoms with E-state index in [2.05, 4.69) is 26.0 Å². The van der Waals surface area contributed by atoms with Gasteiger partial charge in [0.2, 0.25) is 0 Å². The molecule has 2 aromatic carbocycles. The molecule has 4 N–H and O–H groups in total. The smallest absolute Gasteiger partial charge is 0.193 e. The maximum absolute atomic E-state index is 13.8. The number of Topliss-reactive ketones (excluding diaryl/α,β-unsaturated/α-hetero) is 1. The van der Waals surface area contributed by atoms with Crippen LogP contribution in [0, 0.1) is 28.6 Å². The summed E-state index contributed by atoms with van der Waals surface area (Å²) < 4.78 is 13.4. The molecule has 0 bridgehead atoms. The molecule has 0 radical (unpaired) electrons. The van der Waals surface area contributed by atoms with Crippen molar-refractivity contribution in [2.45, 2.75) is 74.3 Å². The van der Waals surface area contributed by atoms with E-state index in [9.17, 15) is 19.8 Å². The van der Waals surface area contributed by atoms with Crippen molar-refractivity contribution in [1.82, 2.24) is 0 Å². The first-order valence-corrected chi connectivity index (χ1v) is 16.2. The number of aliphatic hydroxyl groups excluding tert-OH is 2. The number of fused-ring (bicyclic) bond motifs is 7. The van der Waals surface area contributed by atoms with Crippen LogP contribution in [-0.4, -0.2) is 46.2 Å². The lowest BCUT2D eigenvalue weighted by Crippen LogP contribution is -2.63. The number of nitrogens with two attached hydrogens (primary N) is 1. The van der Waals surface area contributed by atoms with Crippen molar-refractivity contribution in [3.8, 4) is 0 Å². The van der Waals surface area contributed by atoms with E-state index >= 15 is 0 Å². The lowest BCUT2D eigenvalue weighted by molar-refractivity contribution is -0.201. The summed E-state index contributed by atoms with van der Waals surface area (Å²) in [5, 5.41) is 22.1. The highest BCUT2D eigenvalue weighted by molar-refractivity contribution is 7.98. The Morgan fingerprint density at radius 1 is 1.16 bits per heavy atom. The van der Waals surface area contributed by atoms with Crippen LogP contribution in [0.3, 0.4) is 0 Å². The van der Waals surface area contributed by atoms with Crippen LogP contribution in [-0.2, 0) is 24.8 Å². The van der Waals surface area contributed by atoms with E-state index in [1.165, 1.54) is 0 Å². The average Bonchev–Trinajstić information content (AvgIpc) is 3.50. The number of ketones is 2. The molecule has 5 aliphatic rings. The molecule has 7 nitrogen and oxygen atoms in total. The van der Waals surface area contributed by atoms with E-state index in [0.29, 0.717) is 12.8 Å². The summed E-state index contributed by atoms with van der Waals surface area (Å²) in [6.45, 7) is 3.55. The van der Waals surface area contributed by atoms with E-state index in [4.69, 9.17) is 15.2 Å². The Bertz CT molecular complexity index is 1520. The summed E-state index contributed by atoms with van der Waals surface area (Å²) in [6, 6.07) is 15.9. The maximum atomic E-state index is 13.8. The highest BCUT2D eigenvalue weighted by atomic mass is 32.2. The molecule has 0 unspecified atom stereocenters. The van der Waals surface area contributed by atoms with Gasteiger partial charge in [0.25, 0.3) is 0 Å². The number of rotatable bonds is 6. The molecule has 226 valence electrons. The summed E-state index contributed by atoms with van der Waals surface area (Å²) >= 11 is 1.71. The first-order chi connectivity index (χ1) is 20.6. The summed E-state index contributed by atoms with van der Waals surface area (Å²) in [7, 11) is 0. The van der Waals surface area contributed by atoms with Gasteiger partial charge in [0.15, 0.2) is 23.5 Å². The summed E-state index contributed by atoms with van der Waals surface area (Å²) in [5.74, 6) is 0.498. The van der Waals surface area contributed by atoms with Crippen LogP contribution < -0.4 is 5.73 Å². The minimum atomic E-state index is -1.35. The van der Waals surface area contributed by atoms with Crippen molar-refractivity contribution in [2.24, 2.45) is 28.6 Å². The van der Waals surface area contributed by atoms with Crippen LogP contribution in [0.15, 0.2) is 77.2 Å². The fourth-order valence-electron chi connectivity index (χ4n) is 9.39. The Kier molecular flexibility index (Phi) is 7.02. The Balaban J connectivity index is 1.17. The standard InChI is InChI=1S/C35H39NO6S/c1-33-13-12-24(38)15-22(33)6-11-26-27-16-30-35(29(40)18-37,34(27,2)17-28(39)31(26)33)42-32(41-30)21-5-3-4-20(14-21)19-43-25-9-7-23(36)8-10-25/h3-5,7-10,12-15,26-28,30-32,37,39H,6,11,16-19,36H2,1-2H3/t26-,27-,28-,30+,31+,32+,33-,34-,35+/m0/s1. The topological polar surface area (TPSA) is 119 Å². The van der Waals surface area contributed by atoms with Crippen LogP contribution in [0.2, 0.25) is 0 Å². The molecule has 1 saturated heterocycles. The number of hydrogen-bond acceptors (Lipinski definition) is 8. The second kappa shape index (κ2) is 10.4. The highest BCUT2D eigenvalue weighted by Gasteiger charge is 2.75. The molecule has 0 spiro atoms. The second-order valence-electron chi connectivity index (χ2n) is 13.4. The van der Waals surface area contributed by atoms with Gasteiger partial charge in [-0.05, 0) is 85.6 Å². The Morgan fingerprint density at radius 2 is 1.95 bits per heavy atom. The van der Waals surface area contributed by atoms with E-state index in [-0.39, 0.29) is 29.3 Å². The SMILES string of the molecule is C[C@]12C=CC(=O)C=C1CC[C@@H]1[C@@H]2[C@@H](O)C[C@@]2(C)[C@H]1C[C@H]1O[C@@H](c3cccc(CSc4ccc(N)cc4)c3)O[C@]12C(=O)CO. The normalized spacial score (nSPS) is 39.4. The molecule has 4 fully saturated rings. The first-order valence-electron chi connectivity index (χ1n) is 15.3. The molecular formula is C35H39NO6S. The molecule has 9 atom stereocenters. The highest BCUT2D eigenvalue weighted by Crippen LogP contribution is 2.70. The van der Waals surface area contributed by atoms with Crippen LogP contribution in [0.4, 0.5) is 5.69 Å². The van der Waals surface area contributed by atoms with Gasteiger partial charge in [-0.2, -0.15) is 0 Å². The minimum absolute atomic E-state index is 0.00436. The number of carbonyl (C=O) groups is 2. The van der Waals surface area contributed by atoms with Crippen LogP contribution in [0.1, 0.15) is 56.9 Å². The van der Waals surface area contributed by atoms with Crippen molar-refractivity contribution < 1.29 is 29.3 Å². The number of thioether (sulfide) groups is 1. The number of nitrogen functional groups attached to an aromatic ring is 1. The van der Waals surface area contributed by atoms with Gasteiger partial charge in [0.1, 0.15) is 6.61 Å². The number of allylic oxidation sites excluding steroid dienone is 4. The molecule has 2 aromatic rings. The Labute approximate surface area is 256 Å². The number of carbonyl (C=O) groups excluding carboxylic acids is 2. The molecule has 0 amide bonds. The Morgan fingerprint density at radius 3 is 2.72 bits per heavy atom. The molecule has 1 aliphatic heterocycles. The third kappa shape index (κ3) is 4.32. The lowest BCUT2D eigenvalue weighted by Gasteiger charge is -2.59. The summed E-state index contributed by atoms with van der Waals surface area (Å²) in [5.41, 5.74) is 7.10. The van der Waals surface area contributed by atoms with E-state index in [1.54, 1.807) is 23.9 Å². The van der Waals surface area contributed by atoms with Gasteiger partial charge in [-0.3, -0.25) is 9.59 Å². The molecule has 1 heterocycles. The van der Waals surface area contributed by atoms with Gasteiger partial charge in [-0.25, -0.2) is 0 Å². The molecule has 3 saturated carbocycles. The first kappa shape index (κ1) is 29.0. The minimum Gasteiger partial charge on any atom is -0.399 e. The largest absolute Gasteiger partial charge is 0.399 e. The fraction of sp³-hybridized carbons (Fsp3) is 0.486. The third-order valence-corrected chi connectivity index (χ3v) is 12.4. The number of benzene rings is 2. The van der Waals surface area contributed by atoms with Crippen molar-refractivity contribution in [3.05, 3.63) is 83.5 Å². The number of ether oxygens (including phenoxy) is 2. The number of anilines is 1. The summed E-state index contributed by atoms with van der Waals surface area (Å²) in [4.78, 5) is 27.1. The van der Waals surface area contributed by atoms with Gasteiger partial charge < -0.3 is 25.4 Å². The molecule has 43 heavy (non-hydrogen) atoms. The van der Waals surface area contributed by atoms with Crippen molar-refractivity contribution in [1.29, 1.82) is 0 Å². The molecule has 4 aliphatic carbocycles. The van der Waals surface area contributed by atoms with Crippen molar-refractivity contribution in [3.63, 3.8) is 0 Å². The molecule has 8 heteroatoms. The molecule has 7 rings (SSSR count). The molecular weight excluding hydrogens is 562 g/mol. The van der Waals surface area contributed by atoms with Crippen LogP contribution in [0.5, 0.6) is 0 Å². The monoisotopic (exact) mass is 601 g/mol. The second-order valence-corrected chi connectivity index (χ2v) is 14.5. The fourth-order valence-corrected chi connectivity index (χ4v) is 10.2. The van der Waals surface area contributed by atoms with Gasteiger partial charge in [-0.1, -0.05) is 43.7 Å². The number of aliphatic hydroxyl groups is 2. The van der Waals surface area contributed by atoms with E-state index in [0.717, 1.165) is 45.9 Å². The lowest BCUT2D eigenvalue weighted by atomic mass is 9.46. The zero-order valence-electron chi connectivity index (χ0n) is 24.6. The van der Waals surface area contributed by atoms with Gasteiger partial charge in [0.05, 0.1) is 12.2 Å². The van der Waals surface area contributed by atoms with Crippen LogP contribution >= 0.6 is 11.8 Å². The Hall–Kier alpha value is -2.75. The average molecular weight is 602 g/mol. The van der Waals surface area contributed by atoms with E-state index < -0.39 is 41.5 Å². The van der Waals surface area contributed by atoms with Crippen LogP contribution in [0.25, 0.3) is 0 Å². The zero-order chi connectivity index (χ0) is 30.1. The van der Waals surface area contributed by atoms with E-state index in [1.807, 2.05) is 42.5 Å².